The second kappa shape index (κ2) is 7.70. The zero-order valence-corrected chi connectivity index (χ0v) is 14.9. The van der Waals surface area contributed by atoms with Gasteiger partial charge in [0.2, 0.25) is 11.8 Å². The predicted octanol–water partition coefficient (Wildman–Crippen LogP) is 2.28. The molecule has 136 valence electrons. The first kappa shape index (κ1) is 18.1. The number of likely N-dealkylation sites (tertiary alicyclic amines) is 1. The van der Waals surface area contributed by atoms with E-state index in [0.29, 0.717) is 6.54 Å². The van der Waals surface area contributed by atoms with Crippen molar-refractivity contribution in [3.63, 3.8) is 0 Å². The number of aliphatic hydroxyl groups excluding tert-OH is 1. The Hall–Kier alpha value is -2.66. The minimum Gasteiger partial charge on any atom is -0.395 e. The Morgan fingerprint density at radius 3 is 2.38 bits per heavy atom. The SMILES string of the molecule is C[C@@H](c1ccccc1)N1C[C@@](CO)(C(=O)NCc2ccccc2)CC1=O. The molecule has 0 unspecified atom stereocenters. The summed E-state index contributed by atoms with van der Waals surface area (Å²) in [6, 6.07) is 19.2. The summed E-state index contributed by atoms with van der Waals surface area (Å²) in [5, 5.41) is 12.8. The Balaban J connectivity index is 1.71. The van der Waals surface area contributed by atoms with Gasteiger partial charge >= 0.3 is 0 Å². The fourth-order valence-electron chi connectivity index (χ4n) is 3.42. The van der Waals surface area contributed by atoms with Crippen LogP contribution in [0, 0.1) is 5.41 Å². The largest absolute Gasteiger partial charge is 0.395 e. The lowest BCUT2D eigenvalue weighted by Crippen LogP contribution is -2.45. The monoisotopic (exact) mass is 352 g/mol. The van der Waals surface area contributed by atoms with Gasteiger partial charge in [0.15, 0.2) is 0 Å². The van der Waals surface area contributed by atoms with Gasteiger partial charge < -0.3 is 15.3 Å². The van der Waals surface area contributed by atoms with Crippen LogP contribution in [0.3, 0.4) is 0 Å². The second-order valence-electron chi connectivity index (χ2n) is 6.89. The Morgan fingerprint density at radius 1 is 1.15 bits per heavy atom. The van der Waals surface area contributed by atoms with Crippen molar-refractivity contribution in [2.45, 2.75) is 25.9 Å². The molecule has 2 amide bonds. The summed E-state index contributed by atoms with van der Waals surface area (Å²) in [5.74, 6) is -0.384. The third kappa shape index (κ3) is 3.63. The summed E-state index contributed by atoms with van der Waals surface area (Å²) in [4.78, 5) is 27.0. The molecule has 1 fully saturated rings. The zero-order valence-electron chi connectivity index (χ0n) is 14.9. The van der Waals surface area contributed by atoms with Crippen molar-refractivity contribution in [1.82, 2.24) is 10.2 Å². The number of carbonyl (C=O) groups excluding carboxylic acids is 2. The molecular formula is C21H24N2O3. The maximum atomic E-state index is 12.8. The smallest absolute Gasteiger partial charge is 0.231 e. The average molecular weight is 352 g/mol. The molecule has 0 aromatic heterocycles. The summed E-state index contributed by atoms with van der Waals surface area (Å²) < 4.78 is 0. The molecule has 1 saturated heterocycles. The third-order valence-electron chi connectivity index (χ3n) is 5.11. The normalized spacial score (nSPS) is 20.8. The van der Waals surface area contributed by atoms with E-state index >= 15 is 0 Å². The molecule has 2 aromatic rings. The lowest BCUT2D eigenvalue weighted by Gasteiger charge is -2.29. The Morgan fingerprint density at radius 2 is 1.77 bits per heavy atom. The quantitative estimate of drug-likeness (QED) is 0.838. The minimum absolute atomic E-state index is 0.0291. The first-order chi connectivity index (χ1) is 12.6. The van der Waals surface area contributed by atoms with Crippen LogP contribution in [0.4, 0.5) is 0 Å². The summed E-state index contributed by atoms with van der Waals surface area (Å²) in [7, 11) is 0. The predicted molar refractivity (Wildman–Crippen MR) is 99.0 cm³/mol. The number of nitrogens with zero attached hydrogens (tertiary/aromatic N) is 1. The molecule has 5 nitrogen and oxygen atoms in total. The van der Waals surface area contributed by atoms with Crippen LogP contribution in [0.2, 0.25) is 0 Å². The summed E-state index contributed by atoms with van der Waals surface area (Å²) in [6.45, 7) is 2.20. The highest BCUT2D eigenvalue weighted by Gasteiger charge is 2.49. The highest BCUT2D eigenvalue weighted by molar-refractivity contribution is 5.92. The molecule has 0 radical (unpaired) electrons. The molecule has 2 atom stereocenters. The number of hydrogen-bond acceptors (Lipinski definition) is 3. The summed E-state index contributed by atoms with van der Waals surface area (Å²) >= 11 is 0. The molecule has 26 heavy (non-hydrogen) atoms. The Kier molecular flexibility index (Phi) is 5.38. The van der Waals surface area contributed by atoms with E-state index in [-0.39, 0.29) is 37.4 Å². The van der Waals surface area contributed by atoms with Crippen LogP contribution < -0.4 is 5.32 Å². The van der Waals surface area contributed by atoms with Crippen LogP contribution in [0.25, 0.3) is 0 Å². The first-order valence-electron chi connectivity index (χ1n) is 8.83. The number of rotatable bonds is 6. The molecule has 1 aliphatic heterocycles. The van der Waals surface area contributed by atoms with Gasteiger partial charge in [-0.15, -0.1) is 0 Å². The summed E-state index contributed by atoms with van der Waals surface area (Å²) in [6.07, 6.45) is 0.0291. The van der Waals surface area contributed by atoms with Gasteiger partial charge in [-0.3, -0.25) is 9.59 Å². The maximum Gasteiger partial charge on any atom is 0.231 e. The van der Waals surface area contributed by atoms with Crippen LogP contribution in [0.5, 0.6) is 0 Å². The second-order valence-corrected chi connectivity index (χ2v) is 6.89. The van der Waals surface area contributed by atoms with Crippen LogP contribution >= 0.6 is 0 Å². The van der Waals surface area contributed by atoms with E-state index < -0.39 is 5.41 Å². The Bertz CT molecular complexity index is 763. The number of carbonyl (C=O) groups is 2. The fraction of sp³-hybridized carbons (Fsp3) is 0.333. The van der Waals surface area contributed by atoms with Gasteiger partial charge in [-0.1, -0.05) is 60.7 Å². The molecule has 2 N–H and O–H groups in total. The number of aliphatic hydroxyl groups is 1. The average Bonchev–Trinajstić information content (AvgIpc) is 3.05. The standard InChI is InChI=1S/C21H24N2O3/c1-16(18-10-6-3-7-11-18)23-14-21(15-24,12-19(23)25)20(26)22-13-17-8-4-2-5-9-17/h2-11,16,24H,12-15H2,1H3,(H,22,26)/t16-,21-/m0/s1. The zero-order chi connectivity index (χ0) is 18.6. The van der Waals surface area contributed by atoms with Crippen molar-refractivity contribution in [1.29, 1.82) is 0 Å². The van der Waals surface area contributed by atoms with Gasteiger partial charge in [-0.2, -0.15) is 0 Å². The molecule has 0 spiro atoms. The molecule has 0 aliphatic carbocycles. The van der Waals surface area contributed by atoms with Crippen molar-refractivity contribution in [2.24, 2.45) is 5.41 Å². The number of amides is 2. The van der Waals surface area contributed by atoms with E-state index in [9.17, 15) is 14.7 Å². The van der Waals surface area contributed by atoms with Gasteiger partial charge in [0.1, 0.15) is 0 Å². The van der Waals surface area contributed by atoms with Crippen molar-refractivity contribution in [2.75, 3.05) is 13.2 Å². The van der Waals surface area contributed by atoms with Crippen molar-refractivity contribution >= 4 is 11.8 Å². The number of nitrogens with one attached hydrogen (secondary N) is 1. The van der Waals surface area contributed by atoms with E-state index in [1.54, 1.807) is 4.90 Å². The highest BCUT2D eigenvalue weighted by atomic mass is 16.3. The number of benzene rings is 2. The van der Waals surface area contributed by atoms with Crippen LogP contribution in [-0.4, -0.2) is 35.0 Å². The first-order valence-corrected chi connectivity index (χ1v) is 8.83. The van der Waals surface area contributed by atoms with Crippen LogP contribution in [-0.2, 0) is 16.1 Å². The third-order valence-corrected chi connectivity index (χ3v) is 5.11. The van der Waals surface area contributed by atoms with Crippen LogP contribution in [0.1, 0.15) is 30.5 Å². The molecule has 3 rings (SSSR count). The molecule has 5 heteroatoms. The molecule has 1 aliphatic rings. The molecule has 0 bridgehead atoms. The topological polar surface area (TPSA) is 69.6 Å². The highest BCUT2D eigenvalue weighted by Crippen LogP contribution is 2.36. The number of hydrogen-bond donors (Lipinski definition) is 2. The van der Waals surface area contributed by atoms with Crippen molar-refractivity contribution in [3.8, 4) is 0 Å². The van der Waals surface area contributed by atoms with Crippen molar-refractivity contribution < 1.29 is 14.7 Å². The van der Waals surface area contributed by atoms with E-state index in [1.807, 2.05) is 67.6 Å². The van der Waals surface area contributed by atoms with Gasteiger partial charge in [0, 0.05) is 19.5 Å². The fourth-order valence-corrected chi connectivity index (χ4v) is 3.42. The maximum absolute atomic E-state index is 12.8. The van der Waals surface area contributed by atoms with E-state index in [1.165, 1.54) is 0 Å². The van der Waals surface area contributed by atoms with E-state index in [2.05, 4.69) is 5.32 Å². The summed E-state index contributed by atoms with van der Waals surface area (Å²) in [5.41, 5.74) is 0.904. The van der Waals surface area contributed by atoms with E-state index in [4.69, 9.17) is 0 Å². The molecular weight excluding hydrogens is 328 g/mol. The lowest BCUT2D eigenvalue weighted by atomic mass is 9.86. The van der Waals surface area contributed by atoms with Crippen LogP contribution in [0.15, 0.2) is 60.7 Å². The van der Waals surface area contributed by atoms with Gasteiger partial charge in [0.25, 0.3) is 0 Å². The lowest BCUT2D eigenvalue weighted by molar-refractivity contribution is -0.134. The minimum atomic E-state index is -1.09. The Labute approximate surface area is 153 Å². The molecule has 1 heterocycles. The van der Waals surface area contributed by atoms with Gasteiger partial charge in [-0.25, -0.2) is 0 Å². The molecule has 2 aromatic carbocycles. The molecule has 0 saturated carbocycles. The van der Waals surface area contributed by atoms with E-state index in [0.717, 1.165) is 11.1 Å². The van der Waals surface area contributed by atoms with Gasteiger partial charge in [0.05, 0.1) is 18.1 Å². The van der Waals surface area contributed by atoms with Crippen molar-refractivity contribution in [3.05, 3.63) is 71.8 Å². The van der Waals surface area contributed by atoms with Gasteiger partial charge in [-0.05, 0) is 18.1 Å².